The van der Waals surface area contributed by atoms with Crippen LogP contribution in [0.1, 0.15) is 23.2 Å². The van der Waals surface area contributed by atoms with Crippen molar-refractivity contribution in [2.24, 2.45) is 5.73 Å². The molecule has 1 heterocycles. The number of allylic oxidation sites excluding steroid dienone is 1. The Labute approximate surface area is 122 Å². The summed E-state index contributed by atoms with van der Waals surface area (Å²) in [5.74, 6) is -0.634. The molecule has 0 bridgehead atoms. The normalized spacial score (nSPS) is 14.7. The molecular weight excluding hydrogens is 275 g/mol. The molecule has 0 radical (unpaired) electrons. The van der Waals surface area contributed by atoms with Crippen molar-refractivity contribution in [1.82, 2.24) is 5.32 Å². The molecule has 112 valence electrons. The van der Waals surface area contributed by atoms with Crippen molar-refractivity contribution in [2.45, 2.75) is 18.9 Å². The van der Waals surface area contributed by atoms with Crippen LogP contribution in [0.3, 0.4) is 0 Å². The molecule has 2 rings (SSSR count). The van der Waals surface area contributed by atoms with Gasteiger partial charge in [0, 0.05) is 11.6 Å². The van der Waals surface area contributed by atoms with Gasteiger partial charge in [-0.25, -0.2) is 4.39 Å². The number of nitrogens with two attached hydrogens (primary N) is 1. The molecule has 1 aliphatic rings. The van der Waals surface area contributed by atoms with Gasteiger partial charge in [-0.1, -0.05) is 0 Å². The predicted molar refractivity (Wildman–Crippen MR) is 75.3 cm³/mol. The molecule has 0 spiro atoms. The maximum Gasteiger partial charge on any atom is 0.251 e. The van der Waals surface area contributed by atoms with Crippen molar-refractivity contribution in [3.05, 3.63) is 59.8 Å². The van der Waals surface area contributed by atoms with Gasteiger partial charge in [-0.3, -0.25) is 14.6 Å². The molecule has 3 N–H and O–H groups in total. The Balaban J connectivity index is 1.98. The predicted octanol–water partition coefficient (Wildman–Crippen LogP) is 2.02. The van der Waals surface area contributed by atoms with Crippen LogP contribution in [0.4, 0.5) is 4.39 Å². The van der Waals surface area contributed by atoms with Crippen LogP contribution in [0, 0.1) is 5.82 Å². The minimum atomic E-state index is -0.375. The first-order chi connectivity index (χ1) is 10.2. The van der Waals surface area contributed by atoms with Gasteiger partial charge in [0.05, 0.1) is 0 Å². The topological polar surface area (TPSA) is 73.6 Å². The second-order valence-corrected chi connectivity index (χ2v) is 4.65. The number of amides is 1. The molecule has 0 saturated carbocycles. The second kappa shape index (κ2) is 7.44. The van der Waals surface area contributed by atoms with Gasteiger partial charge in [-0.15, -0.1) is 0 Å². The maximum atomic E-state index is 12.9. The lowest BCUT2D eigenvalue weighted by Gasteiger charge is -2.19. The smallest absolute Gasteiger partial charge is 0.251 e. The van der Waals surface area contributed by atoms with Crippen LogP contribution in [0.2, 0.25) is 0 Å². The van der Waals surface area contributed by atoms with E-state index in [1.54, 1.807) is 6.08 Å². The monoisotopic (exact) mass is 292 g/mol. The van der Waals surface area contributed by atoms with Crippen LogP contribution in [0.25, 0.3) is 0 Å². The van der Waals surface area contributed by atoms with E-state index in [9.17, 15) is 9.18 Å². The van der Waals surface area contributed by atoms with Crippen molar-refractivity contribution in [1.29, 1.82) is 0 Å². The first-order valence-electron chi connectivity index (χ1n) is 6.63. The lowest BCUT2D eigenvalue weighted by atomic mass is 10.0. The number of benzene rings is 1. The summed E-state index contributed by atoms with van der Waals surface area (Å²) in [6, 6.07) is 5.27. The molecular formula is C15H17FN2O3. The van der Waals surface area contributed by atoms with Crippen LogP contribution in [-0.4, -0.2) is 18.5 Å². The molecule has 0 aromatic heterocycles. The Morgan fingerprint density at radius 2 is 2.05 bits per heavy atom. The zero-order valence-corrected chi connectivity index (χ0v) is 11.4. The summed E-state index contributed by atoms with van der Waals surface area (Å²) in [4.78, 5) is 21.4. The van der Waals surface area contributed by atoms with E-state index >= 15 is 0 Å². The zero-order valence-electron chi connectivity index (χ0n) is 11.4. The third-order valence-corrected chi connectivity index (χ3v) is 3.03. The fraction of sp³-hybridized carbons (Fsp3) is 0.267. The first-order valence-corrected chi connectivity index (χ1v) is 6.63. The Bertz CT molecular complexity index is 540. The van der Waals surface area contributed by atoms with E-state index in [0.717, 1.165) is 5.57 Å². The van der Waals surface area contributed by atoms with Gasteiger partial charge < -0.3 is 11.1 Å². The summed E-state index contributed by atoms with van der Waals surface area (Å²) >= 11 is 0. The highest BCUT2D eigenvalue weighted by molar-refractivity contribution is 5.94. The molecule has 5 nitrogen and oxygen atoms in total. The molecule has 21 heavy (non-hydrogen) atoms. The minimum absolute atomic E-state index is 0.134. The van der Waals surface area contributed by atoms with E-state index in [1.165, 1.54) is 36.8 Å². The lowest BCUT2D eigenvalue weighted by molar-refractivity contribution is -0.199. The number of carbonyl (C=O) groups is 1. The van der Waals surface area contributed by atoms with Gasteiger partial charge in [0.2, 0.25) is 0 Å². The lowest BCUT2D eigenvalue weighted by Crippen LogP contribution is -2.36. The van der Waals surface area contributed by atoms with Gasteiger partial charge in [0.15, 0.2) is 0 Å². The average Bonchev–Trinajstić information content (AvgIpc) is 2.49. The van der Waals surface area contributed by atoms with Crippen molar-refractivity contribution in [3.8, 4) is 0 Å². The summed E-state index contributed by atoms with van der Waals surface area (Å²) in [5, 5.41) is 2.89. The molecule has 0 saturated heterocycles. The van der Waals surface area contributed by atoms with Crippen LogP contribution in [-0.2, 0) is 9.78 Å². The molecule has 1 amide bonds. The van der Waals surface area contributed by atoms with Gasteiger partial charge in [-0.2, -0.15) is 0 Å². The quantitative estimate of drug-likeness (QED) is 0.787. The van der Waals surface area contributed by atoms with Gasteiger partial charge in [0.1, 0.15) is 18.3 Å². The molecule has 1 aliphatic heterocycles. The van der Waals surface area contributed by atoms with E-state index in [0.29, 0.717) is 24.9 Å². The number of carbonyl (C=O) groups excluding carboxylic acids is 1. The van der Waals surface area contributed by atoms with E-state index in [2.05, 4.69) is 10.2 Å². The summed E-state index contributed by atoms with van der Waals surface area (Å²) in [6.07, 6.45) is 5.87. The number of rotatable bonds is 6. The highest BCUT2D eigenvalue weighted by Crippen LogP contribution is 2.14. The highest BCUT2D eigenvalue weighted by Gasteiger charge is 2.15. The molecule has 1 aromatic carbocycles. The third kappa shape index (κ3) is 4.61. The fourth-order valence-electron chi connectivity index (χ4n) is 1.97. The molecule has 1 atom stereocenters. The number of nitrogens with one attached hydrogen (secondary N) is 1. The Morgan fingerprint density at radius 1 is 1.29 bits per heavy atom. The zero-order chi connectivity index (χ0) is 15.1. The van der Waals surface area contributed by atoms with Crippen LogP contribution in [0.15, 0.2) is 48.4 Å². The van der Waals surface area contributed by atoms with Crippen LogP contribution >= 0.6 is 0 Å². The van der Waals surface area contributed by atoms with Crippen molar-refractivity contribution in [2.75, 3.05) is 6.54 Å². The number of halogens is 1. The van der Waals surface area contributed by atoms with Gasteiger partial charge in [-0.05, 0) is 55.3 Å². The average molecular weight is 292 g/mol. The number of hydrogen-bond donors (Lipinski definition) is 2. The Kier molecular flexibility index (Phi) is 5.34. The SMILES string of the molecule is NCC[C@H](CC1=COOC=C1)NC(=O)c1ccc(F)cc1. The van der Waals surface area contributed by atoms with Crippen molar-refractivity contribution >= 4 is 5.91 Å². The largest absolute Gasteiger partial charge is 0.349 e. The Morgan fingerprint density at radius 3 is 2.67 bits per heavy atom. The number of hydrogen-bond acceptors (Lipinski definition) is 4. The summed E-state index contributed by atoms with van der Waals surface area (Å²) in [7, 11) is 0. The standard InChI is InChI=1S/C15H17FN2O3/c16-13-3-1-12(2-4-13)15(19)18-14(5-7-17)9-11-6-8-20-21-10-11/h1-4,6,8,10,14H,5,7,9,17H2,(H,18,19)/t14-/m1/s1. The molecule has 1 aromatic rings. The van der Waals surface area contributed by atoms with E-state index in [1.807, 2.05) is 0 Å². The van der Waals surface area contributed by atoms with Gasteiger partial charge >= 0.3 is 0 Å². The van der Waals surface area contributed by atoms with E-state index < -0.39 is 0 Å². The molecule has 0 fully saturated rings. The van der Waals surface area contributed by atoms with Crippen molar-refractivity contribution < 1.29 is 19.0 Å². The van der Waals surface area contributed by atoms with Crippen LogP contribution < -0.4 is 11.1 Å². The summed E-state index contributed by atoms with van der Waals surface area (Å²) in [6.45, 7) is 0.447. The first kappa shape index (κ1) is 15.1. The Hall–Kier alpha value is -2.34. The second-order valence-electron chi connectivity index (χ2n) is 4.65. The van der Waals surface area contributed by atoms with Gasteiger partial charge in [0.25, 0.3) is 5.91 Å². The van der Waals surface area contributed by atoms with Crippen molar-refractivity contribution in [3.63, 3.8) is 0 Å². The van der Waals surface area contributed by atoms with E-state index in [4.69, 9.17) is 10.6 Å². The molecule has 6 heteroatoms. The third-order valence-electron chi connectivity index (χ3n) is 3.03. The van der Waals surface area contributed by atoms with E-state index in [-0.39, 0.29) is 17.8 Å². The highest BCUT2D eigenvalue weighted by atomic mass is 19.1. The summed E-state index contributed by atoms with van der Waals surface area (Å²) < 4.78 is 12.9. The summed E-state index contributed by atoms with van der Waals surface area (Å²) in [5.41, 5.74) is 6.87. The minimum Gasteiger partial charge on any atom is -0.349 e. The fourth-order valence-corrected chi connectivity index (χ4v) is 1.97. The molecule has 0 aliphatic carbocycles. The van der Waals surface area contributed by atoms with Crippen LogP contribution in [0.5, 0.6) is 0 Å². The maximum absolute atomic E-state index is 12.9. The molecule has 0 unspecified atom stereocenters.